The summed E-state index contributed by atoms with van der Waals surface area (Å²) in [6.45, 7) is 1.46. The molecule has 0 saturated heterocycles. The third-order valence-corrected chi connectivity index (χ3v) is 2.81. The number of hydrogen-bond donors (Lipinski definition) is 2. The predicted molar refractivity (Wildman–Crippen MR) is 57.0 cm³/mol. The van der Waals surface area contributed by atoms with Gasteiger partial charge < -0.3 is 15.6 Å². The summed E-state index contributed by atoms with van der Waals surface area (Å²) in [7, 11) is 0. The Kier molecular flexibility index (Phi) is 7.74. The van der Waals surface area contributed by atoms with Crippen LogP contribution in [0.15, 0.2) is 0 Å². The number of aliphatic hydroxyl groups excluding tert-OH is 1. The van der Waals surface area contributed by atoms with Crippen molar-refractivity contribution in [3.8, 4) is 0 Å². The number of carbonyl (C=O) groups is 2. The maximum Gasteiger partial charge on any atom is 0.217 e. The van der Waals surface area contributed by atoms with Gasteiger partial charge in [-0.1, -0.05) is 18.2 Å². The lowest BCUT2D eigenvalue weighted by Gasteiger charge is -2.04. The number of nitrogens with two attached hydrogens (primary N) is 1. The minimum atomic E-state index is -0.891. The van der Waals surface area contributed by atoms with Gasteiger partial charge in [0, 0.05) is 5.75 Å². The normalized spacial score (nSPS) is 14.8. The van der Waals surface area contributed by atoms with Crippen LogP contribution in [0.1, 0.15) is 26.2 Å². The first-order valence-corrected chi connectivity index (χ1v) is 5.62. The predicted octanol–water partition coefficient (Wildman–Crippen LogP) is 0.323. The summed E-state index contributed by atoms with van der Waals surface area (Å²) in [6.07, 6.45) is 2.17. The van der Waals surface area contributed by atoms with E-state index in [1.54, 1.807) is 0 Å². The molecule has 0 aromatic rings. The lowest BCUT2D eigenvalue weighted by atomic mass is 10.1. The van der Waals surface area contributed by atoms with Crippen molar-refractivity contribution < 1.29 is 14.7 Å². The molecule has 0 amide bonds. The monoisotopic (exact) mass is 219 g/mol. The van der Waals surface area contributed by atoms with Gasteiger partial charge in [-0.3, -0.25) is 4.79 Å². The van der Waals surface area contributed by atoms with Gasteiger partial charge in [-0.15, -0.1) is 0 Å². The minimum absolute atomic E-state index is 0.204. The third-order valence-electron chi connectivity index (χ3n) is 1.69. The first kappa shape index (κ1) is 13.6. The summed E-state index contributed by atoms with van der Waals surface area (Å²) >= 11 is 1.13. The summed E-state index contributed by atoms with van der Waals surface area (Å²) in [5, 5.41) is 8.66. The fraction of sp³-hybridized carbons (Fsp3) is 0.778. The van der Waals surface area contributed by atoms with E-state index in [0.29, 0.717) is 12.2 Å². The summed E-state index contributed by atoms with van der Waals surface area (Å²) in [5.41, 5.74) is 5.38. The van der Waals surface area contributed by atoms with Crippen molar-refractivity contribution in [2.45, 2.75) is 38.3 Å². The van der Waals surface area contributed by atoms with Crippen LogP contribution in [-0.2, 0) is 9.59 Å². The molecule has 0 aromatic heterocycles. The molecule has 0 fully saturated rings. The van der Waals surface area contributed by atoms with Gasteiger partial charge >= 0.3 is 0 Å². The number of carbonyl (C=O) groups excluding carboxylic acids is 2. The van der Waals surface area contributed by atoms with E-state index in [1.807, 2.05) is 0 Å². The molecule has 14 heavy (non-hydrogen) atoms. The SMILES string of the molecule is C[C@H](O)C(=O)SCCCCC(N)C=O. The lowest BCUT2D eigenvalue weighted by molar-refractivity contribution is -0.117. The van der Waals surface area contributed by atoms with Crippen LogP contribution in [0.2, 0.25) is 0 Å². The summed E-state index contributed by atoms with van der Waals surface area (Å²) < 4.78 is 0. The fourth-order valence-electron chi connectivity index (χ4n) is 0.844. The van der Waals surface area contributed by atoms with E-state index in [9.17, 15) is 9.59 Å². The largest absolute Gasteiger partial charge is 0.385 e. The Morgan fingerprint density at radius 3 is 2.71 bits per heavy atom. The van der Waals surface area contributed by atoms with Gasteiger partial charge in [0.15, 0.2) is 0 Å². The van der Waals surface area contributed by atoms with Crippen LogP contribution in [0.5, 0.6) is 0 Å². The van der Waals surface area contributed by atoms with Crippen molar-refractivity contribution in [1.82, 2.24) is 0 Å². The maximum atomic E-state index is 10.9. The van der Waals surface area contributed by atoms with Gasteiger partial charge in [-0.25, -0.2) is 0 Å². The molecule has 0 radical (unpaired) electrons. The van der Waals surface area contributed by atoms with Crippen LogP contribution in [0, 0.1) is 0 Å². The second kappa shape index (κ2) is 7.96. The van der Waals surface area contributed by atoms with Crippen molar-refractivity contribution in [3.05, 3.63) is 0 Å². The molecule has 0 heterocycles. The van der Waals surface area contributed by atoms with E-state index in [-0.39, 0.29) is 11.2 Å². The van der Waals surface area contributed by atoms with E-state index in [1.165, 1.54) is 6.92 Å². The molecule has 5 heteroatoms. The quantitative estimate of drug-likeness (QED) is 0.476. The third kappa shape index (κ3) is 7.06. The Labute approximate surface area is 88.2 Å². The molecule has 2 atom stereocenters. The molecular formula is C9H17NO3S. The molecule has 0 bridgehead atoms. The van der Waals surface area contributed by atoms with E-state index >= 15 is 0 Å². The number of unbranched alkanes of at least 4 members (excludes halogenated alkanes) is 1. The highest BCUT2D eigenvalue weighted by molar-refractivity contribution is 8.13. The molecule has 0 saturated carbocycles. The molecule has 82 valence electrons. The fourth-order valence-corrected chi connectivity index (χ4v) is 1.63. The van der Waals surface area contributed by atoms with Gasteiger partial charge in [0.2, 0.25) is 5.12 Å². The van der Waals surface area contributed by atoms with Crippen molar-refractivity contribution in [2.24, 2.45) is 5.73 Å². The molecule has 0 aliphatic rings. The van der Waals surface area contributed by atoms with Crippen molar-refractivity contribution in [3.63, 3.8) is 0 Å². The van der Waals surface area contributed by atoms with E-state index in [4.69, 9.17) is 10.8 Å². The van der Waals surface area contributed by atoms with Crippen LogP contribution in [0.25, 0.3) is 0 Å². The Balaban J connectivity index is 3.30. The molecule has 0 aliphatic carbocycles. The Hall–Kier alpha value is -0.390. The molecular weight excluding hydrogens is 202 g/mol. The van der Waals surface area contributed by atoms with Gasteiger partial charge in [0.05, 0.1) is 6.04 Å². The summed E-state index contributed by atoms with van der Waals surface area (Å²) in [5.74, 6) is 0.676. The highest BCUT2D eigenvalue weighted by Crippen LogP contribution is 2.10. The average molecular weight is 219 g/mol. The zero-order valence-electron chi connectivity index (χ0n) is 8.31. The Bertz CT molecular complexity index is 185. The zero-order valence-corrected chi connectivity index (χ0v) is 9.13. The van der Waals surface area contributed by atoms with Crippen molar-refractivity contribution in [1.29, 1.82) is 0 Å². The molecule has 0 aliphatic heterocycles. The van der Waals surface area contributed by atoms with Crippen LogP contribution in [0.3, 0.4) is 0 Å². The van der Waals surface area contributed by atoms with Crippen LogP contribution in [-0.4, -0.2) is 34.4 Å². The number of aliphatic hydroxyl groups is 1. The second-order valence-corrected chi connectivity index (χ2v) is 4.24. The van der Waals surface area contributed by atoms with Gasteiger partial charge in [0.1, 0.15) is 12.4 Å². The van der Waals surface area contributed by atoms with Crippen LogP contribution in [0.4, 0.5) is 0 Å². The highest BCUT2D eigenvalue weighted by atomic mass is 32.2. The smallest absolute Gasteiger partial charge is 0.217 e. The lowest BCUT2D eigenvalue weighted by Crippen LogP contribution is -2.21. The number of hydrogen-bond acceptors (Lipinski definition) is 5. The van der Waals surface area contributed by atoms with Crippen molar-refractivity contribution >= 4 is 23.2 Å². The average Bonchev–Trinajstić information content (AvgIpc) is 2.16. The van der Waals surface area contributed by atoms with Gasteiger partial charge in [-0.2, -0.15) is 0 Å². The maximum absolute atomic E-state index is 10.9. The minimum Gasteiger partial charge on any atom is -0.385 e. The summed E-state index contributed by atoms with van der Waals surface area (Å²) in [6, 6.07) is -0.382. The summed E-state index contributed by atoms with van der Waals surface area (Å²) in [4.78, 5) is 21.1. The second-order valence-electron chi connectivity index (χ2n) is 3.14. The Morgan fingerprint density at radius 2 is 2.21 bits per heavy atom. The Morgan fingerprint density at radius 1 is 1.57 bits per heavy atom. The molecule has 4 nitrogen and oxygen atoms in total. The first-order chi connectivity index (χ1) is 6.57. The van der Waals surface area contributed by atoms with E-state index in [2.05, 4.69) is 0 Å². The van der Waals surface area contributed by atoms with Crippen LogP contribution >= 0.6 is 11.8 Å². The molecule has 0 aromatic carbocycles. The zero-order chi connectivity index (χ0) is 11.0. The number of aldehydes is 1. The molecule has 0 spiro atoms. The van der Waals surface area contributed by atoms with E-state index in [0.717, 1.165) is 30.9 Å². The molecule has 0 rings (SSSR count). The van der Waals surface area contributed by atoms with Gasteiger partial charge in [-0.05, 0) is 19.8 Å². The van der Waals surface area contributed by atoms with Crippen LogP contribution < -0.4 is 5.73 Å². The highest BCUT2D eigenvalue weighted by Gasteiger charge is 2.08. The number of thioether (sulfide) groups is 1. The van der Waals surface area contributed by atoms with Gasteiger partial charge in [0.25, 0.3) is 0 Å². The standard InChI is InChI=1S/C9H17NO3S/c1-7(12)9(13)14-5-3-2-4-8(10)6-11/h6-8,12H,2-5,10H2,1H3/t7-,8?/m0/s1. The molecule has 3 N–H and O–H groups in total. The van der Waals surface area contributed by atoms with Crippen molar-refractivity contribution in [2.75, 3.05) is 5.75 Å². The number of rotatable bonds is 7. The first-order valence-electron chi connectivity index (χ1n) is 4.63. The van der Waals surface area contributed by atoms with E-state index < -0.39 is 6.10 Å². The topological polar surface area (TPSA) is 80.4 Å². The molecule has 1 unspecified atom stereocenters.